The fourth-order valence-corrected chi connectivity index (χ4v) is 9.42. The predicted octanol–water partition coefficient (Wildman–Crippen LogP) is 19.2. The lowest BCUT2D eigenvalue weighted by Gasteiger charge is -2.22. The van der Waals surface area contributed by atoms with Gasteiger partial charge in [-0.25, -0.2) is 0 Å². The smallest absolute Gasteiger partial charge is 0.305 e. The summed E-state index contributed by atoms with van der Waals surface area (Å²) in [7, 11) is 0. The molecule has 0 aromatic rings. The first-order chi connectivity index (χ1) is 34.0. The summed E-state index contributed by atoms with van der Waals surface area (Å²) < 4.78 is 5.47. The van der Waals surface area contributed by atoms with Crippen LogP contribution >= 0.6 is 0 Å². The minimum atomic E-state index is -0.671. The van der Waals surface area contributed by atoms with Gasteiger partial charge in [-0.15, -0.1) is 0 Å². The van der Waals surface area contributed by atoms with Gasteiger partial charge in [0, 0.05) is 12.8 Å². The summed E-state index contributed by atoms with van der Waals surface area (Å²) in [5.74, 6) is -0.0501. The average molecular weight is 971 g/mol. The van der Waals surface area contributed by atoms with E-state index in [1.165, 1.54) is 244 Å². The number of unbranched alkanes of at least 4 members (excludes halogenated alkanes) is 40. The zero-order valence-electron chi connectivity index (χ0n) is 46.3. The number of carbonyl (C=O) groups excluding carboxylic acids is 2. The van der Waals surface area contributed by atoms with Gasteiger partial charge in [0.05, 0.1) is 25.4 Å². The molecule has 6 nitrogen and oxygen atoms in total. The van der Waals surface area contributed by atoms with Crippen molar-refractivity contribution >= 4 is 11.9 Å². The monoisotopic (exact) mass is 970 g/mol. The van der Waals surface area contributed by atoms with Gasteiger partial charge in [0.2, 0.25) is 5.91 Å². The van der Waals surface area contributed by atoms with Gasteiger partial charge in [-0.1, -0.05) is 275 Å². The fourth-order valence-electron chi connectivity index (χ4n) is 9.42. The van der Waals surface area contributed by atoms with Crippen LogP contribution in [0.15, 0.2) is 36.5 Å². The van der Waals surface area contributed by atoms with E-state index in [9.17, 15) is 19.8 Å². The lowest BCUT2D eigenvalue weighted by molar-refractivity contribution is -0.143. The molecule has 0 fully saturated rings. The minimum absolute atomic E-state index is 0.00826. The van der Waals surface area contributed by atoms with Gasteiger partial charge in [0.25, 0.3) is 0 Å². The van der Waals surface area contributed by atoms with E-state index in [-0.39, 0.29) is 18.5 Å². The standard InChI is InChI=1S/C63H119NO5/c1-3-5-7-9-11-13-15-17-19-20-25-28-31-35-39-43-47-51-55-61(66)60(59-65)64-62(67)56-52-48-44-40-36-32-29-26-23-21-22-24-27-30-34-38-42-46-50-54-58-69-63(68)57-53-49-45-41-37-33-18-16-14-12-10-8-6-4-2/h10,12,16,18,21,23,60-61,65-66H,3-9,11,13-15,17,19-20,22,24-59H2,1-2H3,(H,64,67)/b12-10-,18-16-,23-21-. The number of amides is 1. The number of aliphatic hydroxyl groups is 2. The molecule has 0 saturated heterocycles. The SMILES string of the molecule is CCCC/C=C\C/C=C\CCCCCCCC(=O)OCCCCCCCCCCC/C=C\CCCCCCCCCC(=O)NC(CO)C(O)CCCCCCCCCCCCCCCCCCCC. The van der Waals surface area contributed by atoms with E-state index in [0.29, 0.717) is 25.9 Å². The average Bonchev–Trinajstić information content (AvgIpc) is 3.35. The van der Waals surface area contributed by atoms with Crippen LogP contribution in [0.1, 0.15) is 328 Å². The summed E-state index contributed by atoms with van der Waals surface area (Å²) in [6.45, 7) is 4.91. The van der Waals surface area contributed by atoms with Crippen molar-refractivity contribution in [3.63, 3.8) is 0 Å². The van der Waals surface area contributed by atoms with E-state index in [2.05, 4.69) is 55.6 Å². The Kier molecular flexibility index (Phi) is 57.0. The van der Waals surface area contributed by atoms with Crippen molar-refractivity contribution in [3.8, 4) is 0 Å². The predicted molar refractivity (Wildman–Crippen MR) is 301 cm³/mol. The fraction of sp³-hybridized carbons (Fsp3) is 0.873. The number of allylic oxidation sites excluding steroid dienone is 6. The number of aliphatic hydroxyl groups excluding tert-OH is 2. The van der Waals surface area contributed by atoms with Gasteiger partial charge in [0.15, 0.2) is 0 Å². The van der Waals surface area contributed by atoms with Crippen LogP contribution in [0.5, 0.6) is 0 Å². The Morgan fingerprint density at radius 2 is 0.739 bits per heavy atom. The summed E-state index contributed by atoms with van der Waals surface area (Å²) in [6, 6.07) is -0.549. The number of ether oxygens (including phenoxy) is 1. The van der Waals surface area contributed by atoms with Gasteiger partial charge in [0.1, 0.15) is 0 Å². The number of esters is 1. The van der Waals surface area contributed by atoms with Crippen LogP contribution in [0.25, 0.3) is 0 Å². The van der Waals surface area contributed by atoms with Crippen molar-refractivity contribution < 1.29 is 24.5 Å². The molecule has 3 N–H and O–H groups in total. The quantitative estimate of drug-likeness (QED) is 0.0321. The van der Waals surface area contributed by atoms with Gasteiger partial charge >= 0.3 is 5.97 Å². The Balaban J connectivity index is 3.44. The summed E-state index contributed by atoms with van der Waals surface area (Å²) >= 11 is 0. The molecule has 6 heteroatoms. The van der Waals surface area contributed by atoms with Crippen molar-refractivity contribution in [3.05, 3.63) is 36.5 Å². The maximum atomic E-state index is 12.5. The lowest BCUT2D eigenvalue weighted by atomic mass is 10.0. The molecular weight excluding hydrogens is 851 g/mol. The molecule has 0 aromatic carbocycles. The molecule has 0 radical (unpaired) electrons. The van der Waals surface area contributed by atoms with Crippen LogP contribution in [0.4, 0.5) is 0 Å². The van der Waals surface area contributed by atoms with Crippen molar-refractivity contribution in [2.24, 2.45) is 0 Å². The zero-order valence-corrected chi connectivity index (χ0v) is 46.3. The Morgan fingerprint density at radius 1 is 0.406 bits per heavy atom. The largest absolute Gasteiger partial charge is 0.466 e. The third-order valence-corrected chi connectivity index (χ3v) is 14.2. The molecule has 0 spiro atoms. The zero-order chi connectivity index (χ0) is 50.0. The van der Waals surface area contributed by atoms with Crippen LogP contribution in [0.3, 0.4) is 0 Å². The maximum absolute atomic E-state index is 12.5. The van der Waals surface area contributed by atoms with Crippen LogP contribution in [0, 0.1) is 0 Å². The molecule has 0 saturated carbocycles. The van der Waals surface area contributed by atoms with Gasteiger partial charge in [-0.3, -0.25) is 9.59 Å². The molecule has 1 amide bonds. The second-order valence-corrected chi connectivity index (χ2v) is 21.0. The Morgan fingerprint density at radius 3 is 1.16 bits per heavy atom. The number of nitrogens with one attached hydrogen (secondary N) is 1. The highest BCUT2D eigenvalue weighted by Crippen LogP contribution is 2.17. The number of carbonyl (C=O) groups is 2. The van der Waals surface area contributed by atoms with Gasteiger partial charge in [-0.2, -0.15) is 0 Å². The number of hydrogen-bond acceptors (Lipinski definition) is 5. The topological polar surface area (TPSA) is 95.9 Å². The number of hydrogen-bond donors (Lipinski definition) is 3. The van der Waals surface area contributed by atoms with Crippen LogP contribution in [0.2, 0.25) is 0 Å². The molecule has 0 bridgehead atoms. The second-order valence-electron chi connectivity index (χ2n) is 21.0. The normalized spacial score (nSPS) is 12.8. The summed E-state index contributed by atoms with van der Waals surface area (Å²) in [5, 5.41) is 23.3. The first-order valence-corrected chi connectivity index (χ1v) is 30.7. The van der Waals surface area contributed by atoms with Crippen LogP contribution < -0.4 is 5.32 Å². The van der Waals surface area contributed by atoms with E-state index in [4.69, 9.17) is 4.74 Å². The molecule has 0 aliphatic heterocycles. The second kappa shape index (κ2) is 58.6. The first-order valence-electron chi connectivity index (χ1n) is 30.7. The highest BCUT2D eigenvalue weighted by atomic mass is 16.5. The number of rotatable bonds is 57. The van der Waals surface area contributed by atoms with E-state index in [1.54, 1.807) is 0 Å². The van der Waals surface area contributed by atoms with Crippen molar-refractivity contribution in [2.45, 2.75) is 341 Å². The Labute approximate surface area is 430 Å². The van der Waals surface area contributed by atoms with E-state index >= 15 is 0 Å². The molecule has 0 rings (SSSR count). The first kappa shape index (κ1) is 67.1. The van der Waals surface area contributed by atoms with Crippen molar-refractivity contribution in [1.29, 1.82) is 0 Å². The van der Waals surface area contributed by atoms with Crippen LogP contribution in [-0.4, -0.2) is 47.4 Å². The van der Waals surface area contributed by atoms with Gasteiger partial charge < -0.3 is 20.3 Å². The molecule has 0 heterocycles. The third-order valence-electron chi connectivity index (χ3n) is 14.2. The molecule has 0 aromatic heterocycles. The van der Waals surface area contributed by atoms with Crippen molar-refractivity contribution in [1.82, 2.24) is 5.32 Å². The van der Waals surface area contributed by atoms with E-state index < -0.39 is 12.1 Å². The Bertz CT molecular complexity index is 1120. The molecule has 0 aliphatic rings. The molecule has 69 heavy (non-hydrogen) atoms. The molecular formula is C63H119NO5. The van der Waals surface area contributed by atoms with Crippen LogP contribution in [-0.2, 0) is 14.3 Å². The third kappa shape index (κ3) is 55.2. The van der Waals surface area contributed by atoms with Gasteiger partial charge in [-0.05, 0) is 77.0 Å². The van der Waals surface area contributed by atoms with E-state index in [1.807, 2.05) is 0 Å². The maximum Gasteiger partial charge on any atom is 0.305 e. The summed E-state index contributed by atoms with van der Waals surface area (Å²) in [4.78, 5) is 24.5. The summed E-state index contributed by atoms with van der Waals surface area (Å²) in [6.07, 6.45) is 72.9. The summed E-state index contributed by atoms with van der Waals surface area (Å²) in [5.41, 5.74) is 0. The van der Waals surface area contributed by atoms with E-state index in [0.717, 1.165) is 51.4 Å². The highest BCUT2D eigenvalue weighted by Gasteiger charge is 2.20. The molecule has 2 atom stereocenters. The molecule has 0 aliphatic carbocycles. The molecule has 406 valence electrons. The minimum Gasteiger partial charge on any atom is -0.466 e. The lowest BCUT2D eigenvalue weighted by Crippen LogP contribution is -2.45. The Hall–Kier alpha value is -1.92. The highest BCUT2D eigenvalue weighted by molar-refractivity contribution is 5.76. The van der Waals surface area contributed by atoms with Crippen molar-refractivity contribution in [2.75, 3.05) is 13.2 Å². The molecule has 2 unspecified atom stereocenters.